The van der Waals surface area contributed by atoms with Crippen molar-refractivity contribution in [1.82, 2.24) is 14.8 Å². The molecule has 1 N–H and O–H groups in total. The minimum absolute atomic E-state index is 0.264. The zero-order valence-corrected chi connectivity index (χ0v) is 13.8. The number of rotatable bonds is 5. The summed E-state index contributed by atoms with van der Waals surface area (Å²) < 4.78 is 1.24. The van der Waals surface area contributed by atoms with E-state index < -0.39 is 5.97 Å². The van der Waals surface area contributed by atoms with Crippen LogP contribution in [0.25, 0.3) is 10.2 Å². The molecule has 0 amide bonds. The number of carboxylic acid groups (broad SMARTS) is 1. The van der Waals surface area contributed by atoms with E-state index in [-0.39, 0.29) is 6.04 Å². The fourth-order valence-electron chi connectivity index (χ4n) is 3.45. The van der Waals surface area contributed by atoms with Gasteiger partial charge < -0.3 is 5.11 Å². The Morgan fingerprint density at radius 1 is 1.26 bits per heavy atom. The number of nitrogens with zero attached hydrogens (tertiary/aromatic N) is 3. The Morgan fingerprint density at radius 2 is 2.00 bits per heavy atom. The lowest BCUT2D eigenvalue weighted by Gasteiger charge is -2.37. The average molecular weight is 331 g/mol. The van der Waals surface area contributed by atoms with Crippen molar-refractivity contribution < 1.29 is 9.90 Å². The van der Waals surface area contributed by atoms with Gasteiger partial charge in [-0.05, 0) is 30.9 Å². The minimum Gasteiger partial charge on any atom is -0.480 e. The van der Waals surface area contributed by atoms with Crippen molar-refractivity contribution in [3.63, 3.8) is 0 Å². The maximum Gasteiger partial charge on any atom is 0.321 e. The van der Waals surface area contributed by atoms with Crippen LogP contribution in [0.5, 0.6) is 0 Å². The molecule has 0 bridgehead atoms. The van der Waals surface area contributed by atoms with Gasteiger partial charge >= 0.3 is 5.97 Å². The van der Waals surface area contributed by atoms with Gasteiger partial charge in [0, 0.05) is 26.2 Å². The van der Waals surface area contributed by atoms with Crippen molar-refractivity contribution >= 4 is 27.5 Å². The summed E-state index contributed by atoms with van der Waals surface area (Å²) in [5, 5.41) is 10.6. The number of carboxylic acids is 1. The fraction of sp³-hybridized carbons (Fsp3) is 0.529. The summed E-state index contributed by atoms with van der Waals surface area (Å²) in [6.45, 7) is 4.41. The van der Waals surface area contributed by atoms with Gasteiger partial charge in [-0.1, -0.05) is 12.1 Å². The molecule has 1 atom stereocenters. The molecule has 0 radical (unpaired) electrons. The molecule has 2 aliphatic rings. The molecule has 0 spiro atoms. The maximum absolute atomic E-state index is 11.5. The molecule has 1 saturated carbocycles. The van der Waals surface area contributed by atoms with Crippen molar-refractivity contribution in [2.75, 3.05) is 26.2 Å². The van der Waals surface area contributed by atoms with Gasteiger partial charge in [-0.3, -0.25) is 14.6 Å². The van der Waals surface area contributed by atoms with Crippen LogP contribution in [0.2, 0.25) is 0 Å². The molecular formula is C17H21N3O2S. The Kier molecular flexibility index (Phi) is 4.05. The molecule has 2 aromatic rings. The van der Waals surface area contributed by atoms with Crippen molar-refractivity contribution in [1.29, 1.82) is 0 Å². The van der Waals surface area contributed by atoms with Gasteiger partial charge in [0.15, 0.2) is 0 Å². The first kappa shape index (κ1) is 15.1. The van der Waals surface area contributed by atoms with Crippen molar-refractivity contribution in [2.24, 2.45) is 5.92 Å². The van der Waals surface area contributed by atoms with E-state index in [9.17, 15) is 9.90 Å². The molecule has 2 heterocycles. The number of benzene rings is 1. The Labute approximate surface area is 139 Å². The molecule has 122 valence electrons. The number of aromatic nitrogens is 1. The number of carbonyl (C=O) groups is 1. The van der Waals surface area contributed by atoms with E-state index in [1.165, 1.54) is 4.70 Å². The highest BCUT2D eigenvalue weighted by Gasteiger charge is 2.41. The predicted molar refractivity (Wildman–Crippen MR) is 90.6 cm³/mol. The highest BCUT2D eigenvalue weighted by molar-refractivity contribution is 7.18. The summed E-state index contributed by atoms with van der Waals surface area (Å²) in [4.78, 5) is 20.7. The first-order valence-electron chi connectivity index (χ1n) is 8.24. The SMILES string of the molecule is O=C(O)C(C1CC1)N1CCN(Cc2nc3ccccc3s2)CC1. The van der Waals surface area contributed by atoms with Gasteiger partial charge in [-0.25, -0.2) is 4.98 Å². The first-order chi connectivity index (χ1) is 11.2. The Hall–Kier alpha value is -1.50. The Morgan fingerprint density at radius 3 is 2.65 bits per heavy atom. The lowest BCUT2D eigenvalue weighted by atomic mass is 10.1. The number of hydrogen-bond acceptors (Lipinski definition) is 5. The van der Waals surface area contributed by atoms with Crippen LogP contribution in [0.15, 0.2) is 24.3 Å². The van der Waals surface area contributed by atoms with Gasteiger partial charge in [0.1, 0.15) is 11.0 Å². The van der Waals surface area contributed by atoms with Gasteiger partial charge in [0.25, 0.3) is 0 Å². The molecule has 1 aliphatic carbocycles. The smallest absolute Gasteiger partial charge is 0.321 e. The third-order valence-corrected chi connectivity index (χ3v) is 5.84. The van der Waals surface area contributed by atoms with Gasteiger partial charge in [0.05, 0.1) is 16.8 Å². The number of thiazole rings is 1. The van der Waals surface area contributed by atoms with Crippen molar-refractivity contribution in [3.05, 3.63) is 29.3 Å². The van der Waals surface area contributed by atoms with Crippen LogP contribution in [0, 0.1) is 5.92 Å². The lowest BCUT2D eigenvalue weighted by molar-refractivity contribution is -0.145. The number of hydrogen-bond donors (Lipinski definition) is 1. The highest BCUT2D eigenvalue weighted by atomic mass is 32.1. The second-order valence-electron chi connectivity index (χ2n) is 6.51. The normalized spacial score (nSPS) is 21.6. The van der Waals surface area contributed by atoms with Crippen molar-refractivity contribution in [3.8, 4) is 0 Å². The number of aliphatic carboxylic acids is 1. The van der Waals surface area contributed by atoms with E-state index in [0.717, 1.165) is 56.1 Å². The maximum atomic E-state index is 11.5. The van der Waals surface area contributed by atoms with E-state index in [0.29, 0.717) is 5.92 Å². The van der Waals surface area contributed by atoms with E-state index in [1.807, 2.05) is 12.1 Å². The van der Waals surface area contributed by atoms with E-state index in [1.54, 1.807) is 11.3 Å². The number of piperazine rings is 1. The van der Waals surface area contributed by atoms with Crippen LogP contribution in [0.1, 0.15) is 17.8 Å². The van der Waals surface area contributed by atoms with Crippen LogP contribution in [-0.4, -0.2) is 58.1 Å². The summed E-state index contributed by atoms with van der Waals surface area (Å²) in [6, 6.07) is 7.98. The third kappa shape index (κ3) is 3.24. The number of para-hydroxylation sites is 1. The molecule has 1 saturated heterocycles. The Bertz CT molecular complexity index is 672. The largest absolute Gasteiger partial charge is 0.480 e. The standard InChI is InChI=1S/C17H21N3O2S/c21-17(22)16(12-5-6-12)20-9-7-19(8-10-20)11-15-18-13-3-1-2-4-14(13)23-15/h1-4,12,16H,5-11H2,(H,21,22). The topological polar surface area (TPSA) is 56.7 Å². The quantitative estimate of drug-likeness (QED) is 0.911. The zero-order chi connectivity index (χ0) is 15.8. The second kappa shape index (κ2) is 6.19. The molecule has 1 aliphatic heterocycles. The second-order valence-corrected chi connectivity index (χ2v) is 7.62. The summed E-state index contributed by atoms with van der Waals surface area (Å²) >= 11 is 1.76. The zero-order valence-electron chi connectivity index (χ0n) is 13.0. The van der Waals surface area contributed by atoms with Gasteiger partial charge in [-0.2, -0.15) is 0 Å². The molecule has 4 rings (SSSR count). The van der Waals surface area contributed by atoms with Crippen LogP contribution in [0.4, 0.5) is 0 Å². The molecule has 2 fully saturated rings. The molecule has 6 heteroatoms. The van der Waals surface area contributed by atoms with Crippen LogP contribution in [-0.2, 0) is 11.3 Å². The summed E-state index contributed by atoms with van der Waals surface area (Å²) in [6.07, 6.45) is 2.14. The van der Waals surface area contributed by atoms with Crippen LogP contribution >= 0.6 is 11.3 Å². The van der Waals surface area contributed by atoms with E-state index in [2.05, 4.69) is 21.9 Å². The monoisotopic (exact) mass is 331 g/mol. The predicted octanol–water partition coefficient (Wildman–Crippen LogP) is 2.28. The molecule has 1 aromatic carbocycles. The van der Waals surface area contributed by atoms with Gasteiger partial charge in [0.2, 0.25) is 0 Å². The highest BCUT2D eigenvalue weighted by Crippen LogP contribution is 2.36. The summed E-state index contributed by atoms with van der Waals surface area (Å²) in [7, 11) is 0. The summed E-state index contributed by atoms with van der Waals surface area (Å²) in [5.74, 6) is -0.268. The third-order valence-electron chi connectivity index (χ3n) is 4.82. The number of fused-ring (bicyclic) bond motifs is 1. The molecule has 1 aromatic heterocycles. The Balaban J connectivity index is 1.36. The summed E-state index contributed by atoms with van der Waals surface area (Å²) in [5.41, 5.74) is 1.07. The van der Waals surface area contributed by atoms with E-state index in [4.69, 9.17) is 4.98 Å². The van der Waals surface area contributed by atoms with Gasteiger partial charge in [-0.15, -0.1) is 11.3 Å². The molecular weight excluding hydrogens is 310 g/mol. The van der Waals surface area contributed by atoms with Crippen LogP contribution in [0.3, 0.4) is 0 Å². The van der Waals surface area contributed by atoms with E-state index >= 15 is 0 Å². The molecule has 1 unspecified atom stereocenters. The van der Waals surface area contributed by atoms with Crippen LogP contribution < -0.4 is 0 Å². The molecule has 5 nitrogen and oxygen atoms in total. The average Bonchev–Trinajstić information content (AvgIpc) is 3.27. The first-order valence-corrected chi connectivity index (χ1v) is 9.06. The van der Waals surface area contributed by atoms with Crippen molar-refractivity contribution in [2.45, 2.75) is 25.4 Å². The lowest BCUT2D eigenvalue weighted by Crippen LogP contribution is -2.53. The molecule has 23 heavy (non-hydrogen) atoms. The minimum atomic E-state index is -0.646. The fourth-order valence-corrected chi connectivity index (χ4v) is 4.46.